The summed E-state index contributed by atoms with van der Waals surface area (Å²) in [5, 5.41) is 11.7. The zero-order chi connectivity index (χ0) is 15.8. The molecule has 0 fully saturated rings. The molecule has 0 aliphatic carbocycles. The van der Waals surface area contributed by atoms with Crippen LogP contribution in [0.2, 0.25) is 0 Å². The Bertz CT molecular complexity index is 737. The molecule has 0 aliphatic rings. The Hall–Kier alpha value is -2.15. The van der Waals surface area contributed by atoms with Crippen molar-refractivity contribution in [1.82, 2.24) is 14.6 Å². The van der Waals surface area contributed by atoms with E-state index in [1.165, 1.54) is 10.7 Å². The van der Waals surface area contributed by atoms with Gasteiger partial charge in [-0.1, -0.05) is 0 Å². The molecule has 0 bridgehead atoms. The first-order chi connectivity index (χ1) is 9.74. The second-order valence-corrected chi connectivity index (χ2v) is 5.80. The summed E-state index contributed by atoms with van der Waals surface area (Å²) in [6, 6.07) is 0. The van der Waals surface area contributed by atoms with E-state index in [4.69, 9.17) is 9.84 Å². The largest absolute Gasteiger partial charge is 0.456 e. The van der Waals surface area contributed by atoms with Crippen LogP contribution >= 0.6 is 0 Å². The van der Waals surface area contributed by atoms with Crippen molar-refractivity contribution in [3.05, 3.63) is 33.4 Å². The molecule has 0 unspecified atom stereocenters. The Morgan fingerprint density at radius 1 is 1.48 bits per heavy atom. The van der Waals surface area contributed by atoms with E-state index in [2.05, 4.69) is 10.1 Å². The summed E-state index contributed by atoms with van der Waals surface area (Å²) < 4.78 is 6.49. The van der Waals surface area contributed by atoms with Gasteiger partial charge >= 0.3 is 5.97 Å². The van der Waals surface area contributed by atoms with E-state index >= 15 is 0 Å². The van der Waals surface area contributed by atoms with E-state index in [-0.39, 0.29) is 29.8 Å². The highest BCUT2D eigenvalue weighted by atomic mass is 16.6. The summed E-state index contributed by atoms with van der Waals surface area (Å²) in [6.07, 6.45) is 1.63. The highest BCUT2D eigenvalue weighted by Crippen LogP contribution is 2.15. The number of carbonyl (C=O) groups excluding carboxylic acids is 1. The number of ether oxygens (including phenoxy) is 1. The summed E-state index contributed by atoms with van der Waals surface area (Å²) in [7, 11) is 0. The van der Waals surface area contributed by atoms with Crippen LogP contribution in [0, 0.1) is 6.92 Å². The van der Waals surface area contributed by atoms with E-state index in [1.807, 2.05) is 0 Å². The maximum atomic E-state index is 12.3. The van der Waals surface area contributed by atoms with Crippen LogP contribution in [-0.2, 0) is 11.2 Å². The van der Waals surface area contributed by atoms with Crippen LogP contribution in [0.15, 0.2) is 11.0 Å². The highest BCUT2D eigenvalue weighted by Gasteiger charge is 2.23. The molecular formula is C14H19N3O4. The van der Waals surface area contributed by atoms with Crippen molar-refractivity contribution in [2.24, 2.45) is 0 Å². The van der Waals surface area contributed by atoms with Gasteiger partial charge in [0.1, 0.15) is 11.2 Å². The first-order valence-corrected chi connectivity index (χ1v) is 6.68. The average molecular weight is 293 g/mol. The Labute approximate surface area is 121 Å². The molecule has 114 valence electrons. The fraction of sp³-hybridized carbons (Fsp3) is 0.500. The summed E-state index contributed by atoms with van der Waals surface area (Å²) in [5.41, 5.74) is 0.416. The van der Waals surface area contributed by atoms with Gasteiger partial charge in [0.05, 0.1) is 0 Å². The van der Waals surface area contributed by atoms with E-state index in [0.717, 1.165) is 0 Å². The normalized spacial score (nSPS) is 11.9. The third-order valence-electron chi connectivity index (χ3n) is 2.94. The highest BCUT2D eigenvalue weighted by molar-refractivity contribution is 5.95. The average Bonchev–Trinajstić information content (AvgIpc) is 2.76. The summed E-state index contributed by atoms with van der Waals surface area (Å²) in [6.45, 7) is 6.85. The number of H-pyrrole nitrogens is 1. The second kappa shape index (κ2) is 5.33. The third kappa shape index (κ3) is 2.97. The molecule has 0 aromatic carbocycles. The molecular weight excluding hydrogens is 274 g/mol. The number of hydrogen-bond acceptors (Lipinski definition) is 5. The molecule has 21 heavy (non-hydrogen) atoms. The number of aryl methyl sites for hydroxylation is 1. The molecule has 0 radical (unpaired) electrons. The molecule has 2 rings (SSSR count). The van der Waals surface area contributed by atoms with Gasteiger partial charge in [0.2, 0.25) is 0 Å². The number of nitrogens with one attached hydrogen (secondary N) is 1. The minimum absolute atomic E-state index is 0.135. The second-order valence-electron chi connectivity index (χ2n) is 5.80. The van der Waals surface area contributed by atoms with Crippen LogP contribution < -0.4 is 5.56 Å². The van der Waals surface area contributed by atoms with Crippen molar-refractivity contribution in [3.8, 4) is 0 Å². The molecule has 0 aliphatic heterocycles. The van der Waals surface area contributed by atoms with Crippen LogP contribution in [0.5, 0.6) is 0 Å². The molecule has 0 spiro atoms. The third-order valence-corrected chi connectivity index (χ3v) is 2.94. The molecule has 2 heterocycles. The molecule has 0 amide bonds. The first-order valence-electron chi connectivity index (χ1n) is 6.68. The zero-order valence-corrected chi connectivity index (χ0v) is 12.6. The minimum Gasteiger partial charge on any atom is -0.456 e. The van der Waals surface area contributed by atoms with Crippen LogP contribution in [0.1, 0.15) is 42.4 Å². The van der Waals surface area contributed by atoms with E-state index in [0.29, 0.717) is 11.3 Å². The number of fused-ring (bicyclic) bond motifs is 1. The van der Waals surface area contributed by atoms with Gasteiger partial charge in [-0.3, -0.25) is 9.89 Å². The van der Waals surface area contributed by atoms with Crippen molar-refractivity contribution >= 4 is 11.6 Å². The van der Waals surface area contributed by atoms with Gasteiger partial charge in [0.15, 0.2) is 5.65 Å². The number of nitrogens with zero attached hydrogens (tertiary/aromatic N) is 2. The predicted octanol–water partition coefficient (Wildman–Crippen LogP) is 0.821. The first kappa shape index (κ1) is 15.2. The van der Waals surface area contributed by atoms with Gasteiger partial charge in [-0.25, -0.2) is 14.3 Å². The number of aromatic nitrogens is 3. The molecule has 2 aromatic heterocycles. The van der Waals surface area contributed by atoms with Gasteiger partial charge in [0, 0.05) is 30.5 Å². The smallest absolute Gasteiger partial charge is 0.344 e. The lowest BCUT2D eigenvalue weighted by molar-refractivity contribution is 0.00715. The monoisotopic (exact) mass is 293 g/mol. The molecule has 2 N–H and O–H groups in total. The van der Waals surface area contributed by atoms with Crippen LogP contribution in [0.3, 0.4) is 0 Å². The number of rotatable bonds is 3. The van der Waals surface area contributed by atoms with Crippen molar-refractivity contribution in [2.45, 2.75) is 39.7 Å². The van der Waals surface area contributed by atoms with Crippen molar-refractivity contribution in [1.29, 1.82) is 0 Å². The van der Waals surface area contributed by atoms with Crippen molar-refractivity contribution in [2.75, 3.05) is 6.61 Å². The van der Waals surface area contributed by atoms with Gasteiger partial charge < -0.3 is 9.84 Å². The fourth-order valence-electron chi connectivity index (χ4n) is 2.04. The summed E-state index contributed by atoms with van der Waals surface area (Å²) in [5.74, 6) is -0.539. The Morgan fingerprint density at radius 3 is 2.71 bits per heavy atom. The lowest BCUT2D eigenvalue weighted by atomic mass is 10.1. The number of aliphatic hydroxyl groups excluding tert-OH is 1. The van der Waals surface area contributed by atoms with E-state index in [1.54, 1.807) is 27.7 Å². The molecule has 7 heteroatoms. The molecule has 7 nitrogen and oxygen atoms in total. The Kier molecular flexibility index (Phi) is 3.87. The lowest BCUT2D eigenvalue weighted by Crippen LogP contribution is -2.25. The van der Waals surface area contributed by atoms with E-state index in [9.17, 15) is 9.59 Å². The molecule has 2 aromatic rings. The lowest BCUT2D eigenvalue weighted by Gasteiger charge is -2.18. The van der Waals surface area contributed by atoms with Gasteiger partial charge in [0.25, 0.3) is 5.56 Å². The molecule has 0 saturated heterocycles. The number of hydrogen-bond donors (Lipinski definition) is 2. The van der Waals surface area contributed by atoms with Crippen LogP contribution in [0.4, 0.5) is 0 Å². The van der Waals surface area contributed by atoms with Gasteiger partial charge in [-0.2, -0.15) is 0 Å². The van der Waals surface area contributed by atoms with Gasteiger partial charge in [-0.15, -0.1) is 0 Å². The predicted molar refractivity (Wildman–Crippen MR) is 76.5 cm³/mol. The van der Waals surface area contributed by atoms with Crippen LogP contribution in [0.25, 0.3) is 5.65 Å². The standard InChI is InChI=1S/C14H19N3O4/c1-8-9(5-6-18)12(19)17-11(16-8)10(7-15-17)13(20)21-14(2,3)4/h7,15,18H,5-6H2,1-4H3. The topological polar surface area (TPSA) is 96.7 Å². The number of aliphatic hydroxyl groups is 1. The van der Waals surface area contributed by atoms with Crippen molar-refractivity contribution < 1.29 is 14.6 Å². The number of carbonyl (C=O) groups is 1. The maximum absolute atomic E-state index is 12.3. The van der Waals surface area contributed by atoms with Gasteiger partial charge in [-0.05, 0) is 27.7 Å². The SMILES string of the molecule is Cc1nc2c(C(=O)OC(C)(C)C)c[nH]n2c(=O)c1CCO. The Morgan fingerprint density at radius 2 is 2.14 bits per heavy atom. The van der Waals surface area contributed by atoms with E-state index < -0.39 is 11.6 Å². The number of aromatic amines is 1. The quantitative estimate of drug-likeness (QED) is 0.817. The fourth-order valence-corrected chi connectivity index (χ4v) is 2.04. The maximum Gasteiger partial charge on any atom is 0.344 e. The van der Waals surface area contributed by atoms with Crippen molar-refractivity contribution in [3.63, 3.8) is 0 Å². The summed E-state index contributed by atoms with van der Waals surface area (Å²) >= 11 is 0. The number of esters is 1. The Balaban J connectivity index is 2.55. The molecule has 0 atom stereocenters. The minimum atomic E-state index is -0.627. The zero-order valence-electron chi connectivity index (χ0n) is 12.6. The molecule has 0 saturated carbocycles. The van der Waals surface area contributed by atoms with Crippen LogP contribution in [-0.4, -0.2) is 37.9 Å². The summed E-state index contributed by atoms with van der Waals surface area (Å²) in [4.78, 5) is 28.7.